The van der Waals surface area contributed by atoms with Crippen molar-refractivity contribution in [3.05, 3.63) is 76.3 Å². The molecular weight excluding hydrogens is 436 g/mol. The van der Waals surface area contributed by atoms with E-state index in [0.717, 1.165) is 48.1 Å². The zero-order valence-corrected chi connectivity index (χ0v) is 20.0. The maximum Gasteiger partial charge on any atom is 0.322 e. The van der Waals surface area contributed by atoms with Gasteiger partial charge in [0.15, 0.2) is 0 Å². The molecule has 1 unspecified atom stereocenters. The average molecular weight is 465 g/mol. The first-order valence-electron chi connectivity index (χ1n) is 11.5. The number of carbonyl (C=O) groups is 1. The normalized spacial score (nSPS) is 16.3. The van der Waals surface area contributed by atoms with Gasteiger partial charge in [0, 0.05) is 22.8 Å². The SMILES string of the molecule is CCCCCN1C(=O)NC(c2ccc(CC)cc2)C(c2nc(-c3cccc(Cl)c3)no2)=C1C. The summed E-state index contributed by atoms with van der Waals surface area (Å²) in [6.45, 7) is 6.87. The molecule has 0 saturated heterocycles. The maximum atomic E-state index is 13.0. The second-order valence-electron chi connectivity index (χ2n) is 8.27. The van der Waals surface area contributed by atoms with Gasteiger partial charge in [0.25, 0.3) is 5.89 Å². The van der Waals surface area contributed by atoms with E-state index in [2.05, 4.69) is 53.6 Å². The summed E-state index contributed by atoms with van der Waals surface area (Å²) in [4.78, 5) is 19.5. The van der Waals surface area contributed by atoms with Crippen LogP contribution in [-0.2, 0) is 6.42 Å². The smallest absolute Gasteiger partial charge is 0.322 e. The molecule has 33 heavy (non-hydrogen) atoms. The van der Waals surface area contributed by atoms with Crippen LogP contribution in [0.3, 0.4) is 0 Å². The molecule has 1 aliphatic heterocycles. The van der Waals surface area contributed by atoms with Crippen LogP contribution in [0.1, 0.15) is 63.1 Å². The Balaban J connectivity index is 1.76. The standard InChI is InChI=1S/C26H29ClN4O2/c1-4-6-7-15-31-17(3)22(23(28-26(31)32)19-13-11-18(5-2)12-14-19)25-29-24(30-33-25)20-9-8-10-21(27)16-20/h8-14,16,23H,4-7,15H2,1-3H3,(H,28,32). The Morgan fingerprint density at radius 2 is 1.91 bits per heavy atom. The Kier molecular flexibility index (Phi) is 7.14. The molecule has 0 fully saturated rings. The highest BCUT2D eigenvalue weighted by atomic mass is 35.5. The third kappa shape index (κ3) is 4.96. The molecule has 1 aliphatic rings. The van der Waals surface area contributed by atoms with Crippen LogP contribution in [0.2, 0.25) is 5.02 Å². The maximum absolute atomic E-state index is 13.0. The molecule has 1 atom stereocenters. The van der Waals surface area contributed by atoms with Crippen molar-refractivity contribution >= 4 is 23.2 Å². The predicted octanol–water partition coefficient (Wildman–Crippen LogP) is 6.64. The number of unbranched alkanes of at least 4 members (excludes halogenated alkanes) is 2. The summed E-state index contributed by atoms with van der Waals surface area (Å²) in [5, 5.41) is 7.97. The number of rotatable bonds is 8. The number of nitrogens with zero attached hydrogens (tertiary/aromatic N) is 3. The molecule has 0 spiro atoms. The minimum Gasteiger partial charge on any atom is -0.334 e. The number of benzene rings is 2. The van der Waals surface area contributed by atoms with Crippen LogP contribution < -0.4 is 5.32 Å². The van der Waals surface area contributed by atoms with Gasteiger partial charge in [-0.3, -0.25) is 4.90 Å². The Morgan fingerprint density at radius 1 is 1.12 bits per heavy atom. The number of allylic oxidation sites excluding steroid dienone is 1. The number of aromatic nitrogens is 2. The number of hydrogen-bond donors (Lipinski definition) is 1. The van der Waals surface area contributed by atoms with E-state index in [1.807, 2.05) is 19.1 Å². The number of carbonyl (C=O) groups excluding carboxylic acids is 1. The third-order valence-electron chi connectivity index (χ3n) is 6.04. The van der Waals surface area contributed by atoms with Crippen molar-refractivity contribution in [2.45, 2.75) is 52.5 Å². The Bertz CT molecular complexity index is 1150. The predicted molar refractivity (Wildman–Crippen MR) is 131 cm³/mol. The van der Waals surface area contributed by atoms with E-state index in [9.17, 15) is 4.79 Å². The lowest BCUT2D eigenvalue weighted by Gasteiger charge is -2.35. The number of amides is 2. The van der Waals surface area contributed by atoms with Crippen LogP contribution in [0.4, 0.5) is 4.79 Å². The van der Waals surface area contributed by atoms with E-state index in [4.69, 9.17) is 16.1 Å². The number of halogens is 1. The van der Waals surface area contributed by atoms with Crippen LogP contribution in [0.5, 0.6) is 0 Å². The molecule has 0 aliphatic carbocycles. The van der Waals surface area contributed by atoms with Gasteiger partial charge in [0.1, 0.15) is 0 Å². The summed E-state index contributed by atoms with van der Waals surface area (Å²) in [5.74, 6) is 0.856. The molecule has 6 nitrogen and oxygen atoms in total. The minimum atomic E-state index is -0.376. The molecule has 1 aromatic heterocycles. The van der Waals surface area contributed by atoms with Crippen molar-refractivity contribution in [2.75, 3.05) is 6.54 Å². The molecule has 4 rings (SSSR count). The summed E-state index contributed by atoms with van der Waals surface area (Å²) in [6, 6.07) is 15.2. The molecule has 3 aromatic rings. The molecular formula is C26H29ClN4O2. The van der Waals surface area contributed by atoms with Gasteiger partial charge in [-0.25, -0.2) is 4.79 Å². The Morgan fingerprint density at radius 3 is 2.61 bits per heavy atom. The molecule has 2 aromatic carbocycles. The lowest BCUT2D eigenvalue weighted by Crippen LogP contribution is -2.46. The molecule has 172 valence electrons. The van der Waals surface area contributed by atoms with Crippen LogP contribution in [0.25, 0.3) is 17.0 Å². The van der Waals surface area contributed by atoms with Gasteiger partial charge in [-0.05, 0) is 43.0 Å². The van der Waals surface area contributed by atoms with Crippen LogP contribution in [0.15, 0.2) is 58.8 Å². The first-order valence-corrected chi connectivity index (χ1v) is 11.9. The molecule has 0 radical (unpaired) electrons. The van der Waals surface area contributed by atoms with Crippen molar-refractivity contribution in [3.63, 3.8) is 0 Å². The Hall–Kier alpha value is -3.12. The number of urea groups is 1. The second-order valence-corrected chi connectivity index (χ2v) is 8.71. The van der Waals surface area contributed by atoms with E-state index in [1.54, 1.807) is 17.0 Å². The van der Waals surface area contributed by atoms with Crippen molar-refractivity contribution in [2.24, 2.45) is 0 Å². The molecule has 2 amide bonds. The van der Waals surface area contributed by atoms with E-state index in [0.29, 0.717) is 23.3 Å². The monoisotopic (exact) mass is 464 g/mol. The van der Waals surface area contributed by atoms with Crippen molar-refractivity contribution < 1.29 is 9.32 Å². The molecule has 0 saturated carbocycles. The summed E-state index contributed by atoms with van der Waals surface area (Å²) in [6.07, 6.45) is 4.04. The van der Waals surface area contributed by atoms with Crippen molar-refractivity contribution in [1.82, 2.24) is 20.4 Å². The average Bonchev–Trinajstić information content (AvgIpc) is 3.31. The third-order valence-corrected chi connectivity index (χ3v) is 6.28. The van der Waals surface area contributed by atoms with E-state index in [-0.39, 0.29) is 12.1 Å². The highest BCUT2D eigenvalue weighted by Crippen LogP contribution is 2.37. The van der Waals surface area contributed by atoms with E-state index >= 15 is 0 Å². The zero-order chi connectivity index (χ0) is 23.4. The van der Waals surface area contributed by atoms with E-state index < -0.39 is 0 Å². The van der Waals surface area contributed by atoms with Gasteiger partial charge in [-0.2, -0.15) is 4.98 Å². The van der Waals surface area contributed by atoms with Crippen LogP contribution in [-0.4, -0.2) is 27.6 Å². The quantitative estimate of drug-likeness (QED) is 0.379. The number of nitrogens with one attached hydrogen (secondary N) is 1. The summed E-state index contributed by atoms with van der Waals surface area (Å²) >= 11 is 6.15. The Labute approximate surface area is 199 Å². The largest absolute Gasteiger partial charge is 0.334 e. The highest BCUT2D eigenvalue weighted by Gasteiger charge is 2.35. The number of aryl methyl sites for hydroxylation is 1. The van der Waals surface area contributed by atoms with Gasteiger partial charge >= 0.3 is 6.03 Å². The van der Waals surface area contributed by atoms with Crippen molar-refractivity contribution in [3.8, 4) is 11.4 Å². The molecule has 2 heterocycles. The summed E-state index contributed by atoms with van der Waals surface area (Å²) in [7, 11) is 0. The first kappa shape index (κ1) is 23.1. The lowest BCUT2D eigenvalue weighted by atomic mass is 9.93. The fraction of sp³-hybridized carbons (Fsp3) is 0.346. The van der Waals surface area contributed by atoms with Gasteiger partial charge < -0.3 is 9.84 Å². The molecule has 0 bridgehead atoms. The van der Waals surface area contributed by atoms with Crippen LogP contribution >= 0.6 is 11.6 Å². The van der Waals surface area contributed by atoms with Crippen molar-refractivity contribution in [1.29, 1.82) is 0 Å². The second kappa shape index (κ2) is 10.2. The van der Waals surface area contributed by atoms with Crippen LogP contribution in [0, 0.1) is 0 Å². The summed E-state index contributed by atoms with van der Waals surface area (Å²) < 4.78 is 5.73. The molecule has 7 heteroatoms. The fourth-order valence-electron chi connectivity index (χ4n) is 4.12. The zero-order valence-electron chi connectivity index (χ0n) is 19.3. The first-order chi connectivity index (χ1) is 16.0. The fourth-order valence-corrected chi connectivity index (χ4v) is 4.31. The molecule has 1 N–H and O–H groups in total. The van der Waals surface area contributed by atoms with Gasteiger partial charge in [-0.15, -0.1) is 0 Å². The highest BCUT2D eigenvalue weighted by molar-refractivity contribution is 6.30. The summed E-state index contributed by atoms with van der Waals surface area (Å²) in [5.41, 5.74) is 4.65. The topological polar surface area (TPSA) is 71.3 Å². The number of hydrogen-bond acceptors (Lipinski definition) is 4. The van der Waals surface area contributed by atoms with Gasteiger partial charge in [-0.1, -0.05) is 79.8 Å². The minimum absolute atomic E-state index is 0.105. The lowest BCUT2D eigenvalue weighted by molar-refractivity contribution is 0.204. The van der Waals surface area contributed by atoms with Gasteiger partial charge in [0.05, 0.1) is 11.6 Å². The van der Waals surface area contributed by atoms with Gasteiger partial charge in [0.2, 0.25) is 5.82 Å². The van der Waals surface area contributed by atoms with E-state index in [1.165, 1.54) is 5.56 Å².